The van der Waals surface area contributed by atoms with Crippen LogP contribution in [-0.2, 0) is 7.05 Å². The first kappa shape index (κ1) is 15.2. The third-order valence-electron chi connectivity index (χ3n) is 4.62. The summed E-state index contributed by atoms with van der Waals surface area (Å²) in [5.41, 5.74) is 2.21. The van der Waals surface area contributed by atoms with Crippen LogP contribution in [0.4, 0.5) is 5.95 Å². The van der Waals surface area contributed by atoms with E-state index in [1.165, 1.54) is 12.1 Å². The van der Waals surface area contributed by atoms with Crippen LogP contribution in [0.15, 0.2) is 36.5 Å². The average Bonchev–Trinajstić information content (AvgIpc) is 3.26. The fraction of sp³-hybridized carbons (Fsp3) is 0.353. The van der Waals surface area contributed by atoms with Gasteiger partial charge in [-0.1, -0.05) is 11.6 Å². The molecule has 1 aromatic carbocycles. The molecule has 1 aliphatic rings. The highest BCUT2D eigenvalue weighted by atomic mass is 35.5. The van der Waals surface area contributed by atoms with Gasteiger partial charge in [0.25, 0.3) is 0 Å². The largest absolute Gasteiger partial charge is 0.340 e. The molecule has 0 spiro atoms. The number of halogens is 1. The predicted molar refractivity (Wildman–Crippen MR) is 94.2 cm³/mol. The molecule has 1 fully saturated rings. The Kier molecular flexibility index (Phi) is 3.98. The molecule has 0 radical (unpaired) electrons. The highest BCUT2D eigenvalue weighted by Crippen LogP contribution is 2.29. The number of nitrogens with one attached hydrogen (secondary N) is 1. The van der Waals surface area contributed by atoms with Gasteiger partial charge in [-0.3, -0.25) is 9.67 Å². The van der Waals surface area contributed by atoms with Gasteiger partial charge in [0.2, 0.25) is 5.95 Å². The number of rotatable bonds is 3. The van der Waals surface area contributed by atoms with Crippen molar-refractivity contribution in [2.45, 2.75) is 18.8 Å². The Morgan fingerprint density at radius 3 is 2.75 bits per heavy atom. The highest BCUT2D eigenvalue weighted by Gasteiger charge is 2.26. The molecule has 1 aliphatic heterocycles. The highest BCUT2D eigenvalue weighted by molar-refractivity contribution is 6.30. The molecule has 4 rings (SSSR count). The molecule has 1 N–H and O–H groups in total. The molecule has 7 heteroatoms. The fourth-order valence-corrected chi connectivity index (χ4v) is 3.48. The zero-order valence-electron chi connectivity index (χ0n) is 13.5. The van der Waals surface area contributed by atoms with Gasteiger partial charge in [-0.05, 0) is 43.2 Å². The molecular weight excluding hydrogens is 324 g/mol. The molecular formula is C17H19ClN6. The maximum Gasteiger partial charge on any atom is 0.227 e. The maximum atomic E-state index is 5.97. The van der Waals surface area contributed by atoms with Crippen molar-refractivity contribution in [2.75, 3.05) is 18.0 Å². The van der Waals surface area contributed by atoms with Crippen LogP contribution in [0, 0.1) is 0 Å². The van der Waals surface area contributed by atoms with Gasteiger partial charge < -0.3 is 4.90 Å². The third kappa shape index (κ3) is 2.78. The Morgan fingerprint density at radius 1 is 1.17 bits per heavy atom. The minimum Gasteiger partial charge on any atom is -0.340 e. The fourth-order valence-electron chi connectivity index (χ4n) is 3.35. The van der Waals surface area contributed by atoms with Crippen LogP contribution < -0.4 is 4.90 Å². The number of hydrogen-bond acceptors (Lipinski definition) is 4. The smallest absolute Gasteiger partial charge is 0.227 e. The van der Waals surface area contributed by atoms with Gasteiger partial charge in [0.1, 0.15) is 0 Å². The molecule has 1 atom stereocenters. The number of benzene rings is 1. The minimum atomic E-state index is 0.455. The quantitative estimate of drug-likeness (QED) is 0.793. The average molecular weight is 343 g/mol. The number of aromatic nitrogens is 5. The van der Waals surface area contributed by atoms with Crippen molar-refractivity contribution in [3.05, 3.63) is 47.2 Å². The molecule has 3 heterocycles. The van der Waals surface area contributed by atoms with Gasteiger partial charge >= 0.3 is 0 Å². The van der Waals surface area contributed by atoms with Gasteiger partial charge in [0, 0.05) is 48.5 Å². The van der Waals surface area contributed by atoms with E-state index >= 15 is 0 Å². The van der Waals surface area contributed by atoms with E-state index in [0.29, 0.717) is 5.92 Å². The van der Waals surface area contributed by atoms with Crippen LogP contribution in [-0.4, -0.2) is 38.1 Å². The number of aromatic amines is 1. The monoisotopic (exact) mass is 342 g/mol. The van der Waals surface area contributed by atoms with Crippen LogP contribution in [0.3, 0.4) is 0 Å². The summed E-state index contributed by atoms with van der Waals surface area (Å²) in [5.74, 6) is 2.21. The Bertz CT molecular complexity index is 808. The van der Waals surface area contributed by atoms with Crippen molar-refractivity contribution < 1.29 is 0 Å². The molecule has 3 aromatic rings. The first-order chi connectivity index (χ1) is 11.7. The topological polar surface area (TPSA) is 62.6 Å². The molecule has 0 saturated carbocycles. The molecule has 2 aromatic heterocycles. The van der Waals surface area contributed by atoms with Gasteiger partial charge in [-0.25, -0.2) is 0 Å². The lowest BCUT2D eigenvalue weighted by Crippen LogP contribution is -2.36. The van der Waals surface area contributed by atoms with Crippen molar-refractivity contribution >= 4 is 17.5 Å². The van der Waals surface area contributed by atoms with Crippen molar-refractivity contribution in [3.63, 3.8) is 0 Å². The lowest BCUT2D eigenvalue weighted by molar-refractivity contribution is 0.491. The number of piperidine rings is 1. The van der Waals surface area contributed by atoms with Crippen molar-refractivity contribution in [3.8, 4) is 11.4 Å². The van der Waals surface area contributed by atoms with Gasteiger partial charge in [0.15, 0.2) is 5.82 Å². The van der Waals surface area contributed by atoms with E-state index in [1.54, 1.807) is 0 Å². The van der Waals surface area contributed by atoms with E-state index in [9.17, 15) is 0 Å². The van der Waals surface area contributed by atoms with Gasteiger partial charge in [-0.15, -0.1) is 10.2 Å². The molecule has 1 saturated heterocycles. The summed E-state index contributed by atoms with van der Waals surface area (Å²) in [6, 6.07) is 9.75. The van der Waals surface area contributed by atoms with Crippen LogP contribution >= 0.6 is 11.6 Å². The van der Waals surface area contributed by atoms with Crippen LogP contribution in [0.25, 0.3) is 11.4 Å². The molecule has 1 unspecified atom stereocenters. The minimum absolute atomic E-state index is 0.455. The summed E-state index contributed by atoms with van der Waals surface area (Å²) in [6.45, 7) is 1.92. The summed E-state index contributed by atoms with van der Waals surface area (Å²) < 4.78 is 2.05. The van der Waals surface area contributed by atoms with Gasteiger partial charge in [0.05, 0.1) is 0 Å². The van der Waals surface area contributed by atoms with E-state index in [4.69, 9.17) is 11.6 Å². The Balaban J connectivity index is 1.59. The van der Waals surface area contributed by atoms with Crippen LogP contribution in [0.2, 0.25) is 5.02 Å². The van der Waals surface area contributed by atoms with Crippen molar-refractivity contribution in [2.24, 2.45) is 7.05 Å². The Hall–Kier alpha value is -2.34. The zero-order chi connectivity index (χ0) is 16.5. The van der Waals surface area contributed by atoms with E-state index in [0.717, 1.165) is 41.9 Å². The van der Waals surface area contributed by atoms with E-state index in [1.807, 2.05) is 37.5 Å². The van der Waals surface area contributed by atoms with Crippen LogP contribution in [0.1, 0.15) is 24.5 Å². The third-order valence-corrected chi connectivity index (χ3v) is 4.87. The summed E-state index contributed by atoms with van der Waals surface area (Å²) in [7, 11) is 2.01. The van der Waals surface area contributed by atoms with E-state index < -0.39 is 0 Å². The SMILES string of the molecule is Cn1c(-c2ccc(Cl)cc2)nnc1N1CCCC(c2ccn[nH]2)C1. The second-order valence-electron chi connectivity index (χ2n) is 6.19. The Labute approximate surface area is 145 Å². The van der Waals surface area contributed by atoms with E-state index in [2.05, 4.69) is 35.9 Å². The molecule has 124 valence electrons. The molecule has 6 nitrogen and oxygen atoms in total. The summed E-state index contributed by atoms with van der Waals surface area (Å²) in [4.78, 5) is 2.31. The number of nitrogens with zero attached hydrogens (tertiary/aromatic N) is 5. The second-order valence-corrected chi connectivity index (χ2v) is 6.62. The van der Waals surface area contributed by atoms with Crippen LogP contribution in [0.5, 0.6) is 0 Å². The molecule has 0 amide bonds. The normalized spacial score (nSPS) is 18.1. The van der Waals surface area contributed by atoms with Crippen molar-refractivity contribution in [1.82, 2.24) is 25.0 Å². The van der Waals surface area contributed by atoms with Gasteiger partial charge in [-0.2, -0.15) is 5.10 Å². The lowest BCUT2D eigenvalue weighted by Gasteiger charge is -2.32. The van der Waals surface area contributed by atoms with E-state index in [-0.39, 0.29) is 0 Å². The maximum absolute atomic E-state index is 5.97. The van der Waals surface area contributed by atoms with Crippen molar-refractivity contribution in [1.29, 1.82) is 0 Å². The Morgan fingerprint density at radius 2 is 2.00 bits per heavy atom. The predicted octanol–water partition coefficient (Wildman–Crippen LogP) is 3.24. The summed E-state index contributed by atoms with van der Waals surface area (Å²) in [6.07, 6.45) is 4.11. The lowest BCUT2D eigenvalue weighted by atomic mass is 9.95. The zero-order valence-corrected chi connectivity index (χ0v) is 14.2. The number of hydrogen-bond donors (Lipinski definition) is 1. The summed E-state index contributed by atoms with van der Waals surface area (Å²) >= 11 is 5.97. The molecule has 24 heavy (non-hydrogen) atoms. The first-order valence-electron chi connectivity index (χ1n) is 8.12. The standard InChI is InChI=1S/C17H19ClN6/c1-23-16(12-4-6-14(18)7-5-12)21-22-17(23)24-10-2-3-13(11-24)15-8-9-19-20-15/h4-9,13H,2-3,10-11H2,1H3,(H,19,20). The second kappa shape index (κ2) is 6.28. The number of anilines is 1. The molecule has 0 bridgehead atoms. The summed E-state index contributed by atoms with van der Waals surface area (Å²) in [5, 5.41) is 16.7. The number of H-pyrrole nitrogens is 1. The molecule has 0 aliphatic carbocycles. The first-order valence-corrected chi connectivity index (χ1v) is 8.50.